The van der Waals surface area contributed by atoms with Crippen LogP contribution in [0.4, 0.5) is 4.79 Å². The van der Waals surface area contributed by atoms with E-state index in [9.17, 15) is 14.7 Å². The third-order valence-corrected chi connectivity index (χ3v) is 4.75. The first-order valence-electron chi connectivity index (χ1n) is 8.42. The number of carboxylic acids is 1. The average Bonchev–Trinajstić information content (AvgIpc) is 2.99. The Kier molecular flexibility index (Phi) is 5.03. The third-order valence-electron chi connectivity index (χ3n) is 4.75. The minimum atomic E-state index is -0.881. The molecule has 2 atom stereocenters. The van der Waals surface area contributed by atoms with E-state index in [1.54, 1.807) is 11.9 Å². The van der Waals surface area contributed by atoms with Crippen LogP contribution in [0.15, 0.2) is 54.6 Å². The number of carbonyl (C=O) groups excluding carboxylic acids is 1. The highest BCUT2D eigenvalue weighted by atomic mass is 16.4. The van der Waals surface area contributed by atoms with E-state index in [0.29, 0.717) is 13.0 Å². The van der Waals surface area contributed by atoms with Crippen LogP contribution in [-0.2, 0) is 17.6 Å². The van der Waals surface area contributed by atoms with Crippen LogP contribution in [0.1, 0.15) is 22.7 Å². The number of nitrogens with zero attached hydrogens (tertiary/aromatic N) is 1. The molecule has 2 aromatic carbocycles. The van der Waals surface area contributed by atoms with E-state index in [2.05, 4.69) is 5.32 Å². The molecule has 1 aliphatic rings. The van der Waals surface area contributed by atoms with Crippen LogP contribution >= 0.6 is 0 Å². The van der Waals surface area contributed by atoms with E-state index in [4.69, 9.17) is 0 Å². The lowest BCUT2D eigenvalue weighted by Crippen LogP contribution is -2.42. The molecular weight excluding hydrogens is 316 g/mol. The topological polar surface area (TPSA) is 69.6 Å². The summed E-state index contributed by atoms with van der Waals surface area (Å²) in [6, 6.07) is 16.8. The summed E-state index contributed by atoms with van der Waals surface area (Å²) in [7, 11) is 1.73. The van der Waals surface area contributed by atoms with E-state index >= 15 is 0 Å². The van der Waals surface area contributed by atoms with E-state index in [-0.39, 0.29) is 6.03 Å². The van der Waals surface area contributed by atoms with Crippen molar-refractivity contribution in [2.75, 3.05) is 13.6 Å². The lowest BCUT2D eigenvalue weighted by atomic mass is 10.0. The smallest absolute Gasteiger partial charge is 0.317 e. The quantitative estimate of drug-likeness (QED) is 0.881. The number of benzene rings is 2. The minimum Gasteiger partial charge on any atom is -0.481 e. The van der Waals surface area contributed by atoms with Gasteiger partial charge in [-0.2, -0.15) is 0 Å². The Morgan fingerprint density at radius 1 is 1.12 bits per heavy atom. The molecular formula is C20H22N2O3. The fourth-order valence-corrected chi connectivity index (χ4v) is 3.29. The highest BCUT2D eigenvalue weighted by Gasteiger charge is 2.38. The highest BCUT2D eigenvalue weighted by Crippen LogP contribution is 2.36. The Bertz CT molecular complexity index is 761. The molecule has 5 heteroatoms. The summed E-state index contributed by atoms with van der Waals surface area (Å²) < 4.78 is 0. The van der Waals surface area contributed by atoms with Crippen LogP contribution in [0.2, 0.25) is 0 Å². The van der Waals surface area contributed by atoms with Crippen molar-refractivity contribution >= 4 is 12.0 Å². The first-order valence-corrected chi connectivity index (χ1v) is 8.42. The first-order chi connectivity index (χ1) is 12.1. The molecule has 1 aliphatic carbocycles. The van der Waals surface area contributed by atoms with Gasteiger partial charge >= 0.3 is 12.0 Å². The number of urea groups is 1. The van der Waals surface area contributed by atoms with Crippen molar-refractivity contribution < 1.29 is 14.7 Å². The van der Waals surface area contributed by atoms with Crippen molar-refractivity contribution in [3.63, 3.8) is 0 Å². The van der Waals surface area contributed by atoms with Crippen LogP contribution < -0.4 is 5.32 Å². The molecule has 2 N–H and O–H groups in total. The highest BCUT2D eigenvalue weighted by molar-refractivity contribution is 5.78. The molecule has 0 bridgehead atoms. The monoisotopic (exact) mass is 338 g/mol. The second-order valence-electron chi connectivity index (χ2n) is 6.43. The van der Waals surface area contributed by atoms with Crippen LogP contribution in [0, 0.1) is 5.92 Å². The molecule has 0 heterocycles. The number of likely N-dealkylation sites (N-methyl/N-ethyl adjacent to an activating group) is 1. The number of hydrogen-bond donors (Lipinski definition) is 2. The number of aliphatic carboxylic acids is 1. The molecule has 0 unspecified atom stereocenters. The van der Waals surface area contributed by atoms with Crippen molar-refractivity contribution in [2.45, 2.75) is 18.9 Å². The Hall–Kier alpha value is -2.82. The number of rotatable bonds is 5. The zero-order valence-corrected chi connectivity index (χ0v) is 14.2. The molecule has 130 valence electrons. The van der Waals surface area contributed by atoms with Gasteiger partial charge in [-0.25, -0.2) is 4.79 Å². The van der Waals surface area contributed by atoms with Gasteiger partial charge in [0.05, 0.1) is 12.0 Å². The van der Waals surface area contributed by atoms with Crippen LogP contribution in [0.3, 0.4) is 0 Å². The van der Waals surface area contributed by atoms with E-state index in [0.717, 1.165) is 23.1 Å². The second-order valence-corrected chi connectivity index (χ2v) is 6.43. The van der Waals surface area contributed by atoms with Gasteiger partial charge in [0.1, 0.15) is 0 Å². The van der Waals surface area contributed by atoms with Gasteiger partial charge in [0.2, 0.25) is 0 Å². The molecule has 0 aromatic heterocycles. The number of hydrogen-bond acceptors (Lipinski definition) is 2. The van der Waals surface area contributed by atoms with Gasteiger partial charge in [-0.05, 0) is 29.5 Å². The molecule has 0 saturated heterocycles. The van der Waals surface area contributed by atoms with Crippen LogP contribution in [-0.4, -0.2) is 35.6 Å². The van der Waals surface area contributed by atoms with Gasteiger partial charge in [0, 0.05) is 13.6 Å². The Balaban J connectivity index is 1.65. The van der Waals surface area contributed by atoms with E-state index < -0.39 is 17.9 Å². The Morgan fingerprint density at radius 2 is 1.80 bits per heavy atom. The minimum absolute atomic E-state index is 0.246. The standard InChI is InChI=1S/C20H22N2O3/c1-22(12-11-14-7-3-2-4-8-14)20(25)21-18-16-10-6-5-9-15(16)13-17(18)19(23)24/h2-10,17-18H,11-13H2,1H3,(H,21,25)(H,23,24)/t17-,18+/m1/s1. The number of fused-ring (bicyclic) bond motifs is 1. The summed E-state index contributed by atoms with van der Waals surface area (Å²) >= 11 is 0. The number of amides is 2. The third kappa shape index (κ3) is 3.82. The summed E-state index contributed by atoms with van der Waals surface area (Å²) in [5.74, 6) is -1.50. The summed E-state index contributed by atoms with van der Waals surface area (Å²) in [6.45, 7) is 0.571. The largest absolute Gasteiger partial charge is 0.481 e. The summed E-state index contributed by atoms with van der Waals surface area (Å²) in [4.78, 5) is 25.7. The number of carboxylic acid groups (broad SMARTS) is 1. The van der Waals surface area contributed by atoms with Crippen molar-refractivity contribution in [3.05, 3.63) is 71.3 Å². The maximum Gasteiger partial charge on any atom is 0.317 e. The van der Waals surface area contributed by atoms with Gasteiger partial charge in [-0.3, -0.25) is 4.79 Å². The molecule has 0 spiro atoms. The summed E-state index contributed by atoms with van der Waals surface area (Å²) in [5.41, 5.74) is 3.06. The molecule has 5 nitrogen and oxygen atoms in total. The van der Waals surface area contributed by atoms with Crippen LogP contribution in [0.5, 0.6) is 0 Å². The molecule has 2 aromatic rings. The fourth-order valence-electron chi connectivity index (χ4n) is 3.29. The molecule has 0 saturated carbocycles. The van der Waals surface area contributed by atoms with Gasteiger partial charge in [0.15, 0.2) is 0 Å². The van der Waals surface area contributed by atoms with Gasteiger partial charge in [-0.1, -0.05) is 54.6 Å². The first kappa shape index (κ1) is 17.0. The summed E-state index contributed by atoms with van der Waals surface area (Å²) in [5, 5.41) is 12.4. The van der Waals surface area contributed by atoms with Gasteiger partial charge < -0.3 is 15.3 Å². The zero-order chi connectivity index (χ0) is 17.8. The number of nitrogens with one attached hydrogen (secondary N) is 1. The van der Waals surface area contributed by atoms with Gasteiger partial charge in [0.25, 0.3) is 0 Å². The summed E-state index contributed by atoms with van der Waals surface area (Å²) in [6.07, 6.45) is 1.21. The van der Waals surface area contributed by atoms with Gasteiger partial charge in [-0.15, -0.1) is 0 Å². The van der Waals surface area contributed by atoms with Crippen LogP contribution in [0.25, 0.3) is 0 Å². The molecule has 0 aliphatic heterocycles. The SMILES string of the molecule is CN(CCc1ccccc1)C(=O)N[C@H]1c2ccccc2C[C@H]1C(=O)O. The normalized spacial score (nSPS) is 18.4. The molecule has 0 radical (unpaired) electrons. The number of carbonyl (C=O) groups is 2. The van der Waals surface area contributed by atoms with Crippen molar-refractivity contribution in [2.24, 2.45) is 5.92 Å². The predicted octanol–water partition coefficient (Wildman–Crippen LogP) is 2.87. The Labute approximate surface area is 147 Å². The maximum atomic E-state index is 12.5. The molecule has 0 fully saturated rings. The molecule has 25 heavy (non-hydrogen) atoms. The van der Waals surface area contributed by atoms with E-state index in [1.165, 1.54) is 0 Å². The van der Waals surface area contributed by atoms with E-state index in [1.807, 2.05) is 54.6 Å². The maximum absolute atomic E-state index is 12.5. The van der Waals surface area contributed by atoms with Crippen molar-refractivity contribution in [3.8, 4) is 0 Å². The lowest BCUT2D eigenvalue weighted by Gasteiger charge is -2.24. The molecule has 3 rings (SSSR count). The Morgan fingerprint density at radius 3 is 2.52 bits per heavy atom. The van der Waals surface area contributed by atoms with Crippen molar-refractivity contribution in [1.82, 2.24) is 10.2 Å². The second kappa shape index (κ2) is 7.38. The molecule has 2 amide bonds. The lowest BCUT2D eigenvalue weighted by molar-refractivity contribution is -0.142. The van der Waals surface area contributed by atoms with Crippen molar-refractivity contribution in [1.29, 1.82) is 0 Å². The predicted molar refractivity (Wildman–Crippen MR) is 95.3 cm³/mol. The zero-order valence-electron chi connectivity index (χ0n) is 14.2. The fraction of sp³-hybridized carbons (Fsp3) is 0.300. The average molecular weight is 338 g/mol.